The van der Waals surface area contributed by atoms with Gasteiger partial charge in [-0.25, -0.2) is 0 Å². The number of imide groups is 1. The highest BCUT2D eigenvalue weighted by Gasteiger charge is 2.26. The molecular weight excluding hydrogens is 572 g/mol. The van der Waals surface area contributed by atoms with Gasteiger partial charge in [0.1, 0.15) is 0 Å². The Hall–Kier alpha value is -2.16. The van der Waals surface area contributed by atoms with Gasteiger partial charge in [0.15, 0.2) is 0 Å². The lowest BCUT2D eigenvalue weighted by Crippen LogP contribution is -2.34. The van der Waals surface area contributed by atoms with Gasteiger partial charge in [-0.2, -0.15) is 0 Å². The number of carbonyl (C=O) groups excluding carboxylic acids is 2. The van der Waals surface area contributed by atoms with E-state index in [1.54, 1.807) is 0 Å². The number of hydrogen-bond donors (Lipinski definition) is 0. The van der Waals surface area contributed by atoms with E-state index >= 15 is 0 Å². The van der Waals surface area contributed by atoms with Crippen LogP contribution in [-0.2, 0) is 0 Å². The summed E-state index contributed by atoms with van der Waals surface area (Å²) in [6.45, 7) is 0. The maximum absolute atomic E-state index is 12.6. The summed E-state index contributed by atoms with van der Waals surface area (Å²) in [5.41, 5.74) is -0.564. The Bertz CT molecular complexity index is 871. The summed E-state index contributed by atoms with van der Waals surface area (Å²) in [7, 11) is 1.22. The van der Waals surface area contributed by atoms with Crippen LogP contribution in [0.25, 0.3) is 0 Å². The molecule has 2 rings (SSSR count). The van der Waals surface area contributed by atoms with Crippen molar-refractivity contribution in [2.45, 2.75) is 0 Å². The van der Waals surface area contributed by atoms with Crippen molar-refractivity contribution >= 4 is 68.4 Å². The first kappa shape index (κ1) is 20.2. The molecule has 0 spiro atoms. The van der Waals surface area contributed by atoms with Crippen molar-refractivity contribution in [2.24, 2.45) is 0 Å². The summed E-state index contributed by atoms with van der Waals surface area (Å²) in [6, 6.07) is 7.50. The molecule has 0 radical (unpaired) electrons. The molecule has 0 saturated heterocycles. The Balaban J connectivity index is 2.41. The third-order valence-electron chi connectivity index (χ3n) is 3.39. The minimum atomic E-state index is -0.745. The van der Waals surface area contributed by atoms with E-state index in [2.05, 4.69) is 0 Å². The molecular formula is C15H9I2N3O6. The SMILES string of the molecule is CN(C(=O)c1cc([N+](=O)[O-])ccc1I)C(=O)c1cc([N+](=O)[O-])ccc1I. The number of nitro groups is 2. The summed E-state index contributed by atoms with van der Waals surface area (Å²) in [6.07, 6.45) is 0. The Morgan fingerprint density at radius 2 is 1.19 bits per heavy atom. The van der Waals surface area contributed by atoms with E-state index < -0.39 is 21.7 Å². The van der Waals surface area contributed by atoms with Gasteiger partial charge in [-0.15, -0.1) is 0 Å². The molecule has 0 bridgehead atoms. The average Bonchev–Trinajstić information content (AvgIpc) is 2.60. The van der Waals surface area contributed by atoms with Gasteiger partial charge in [0.25, 0.3) is 23.2 Å². The molecule has 0 aliphatic heterocycles. The molecule has 0 fully saturated rings. The van der Waals surface area contributed by atoms with Crippen LogP contribution in [0.2, 0.25) is 0 Å². The molecule has 0 aliphatic rings. The molecule has 0 heterocycles. The van der Waals surface area contributed by atoms with E-state index in [-0.39, 0.29) is 22.5 Å². The lowest BCUT2D eigenvalue weighted by Gasteiger charge is -2.17. The van der Waals surface area contributed by atoms with Gasteiger partial charge in [0.05, 0.1) is 21.0 Å². The number of nitro benzene ring substituents is 2. The maximum Gasteiger partial charge on any atom is 0.270 e. The monoisotopic (exact) mass is 581 g/mol. The molecule has 2 aromatic rings. The van der Waals surface area contributed by atoms with Gasteiger partial charge in [0, 0.05) is 38.5 Å². The van der Waals surface area contributed by atoms with Crippen LogP contribution < -0.4 is 0 Å². The molecule has 26 heavy (non-hydrogen) atoms. The average molecular weight is 581 g/mol. The molecule has 11 heteroatoms. The van der Waals surface area contributed by atoms with Crippen LogP contribution in [0.5, 0.6) is 0 Å². The van der Waals surface area contributed by atoms with E-state index in [0.29, 0.717) is 7.14 Å². The summed E-state index contributed by atoms with van der Waals surface area (Å²) in [5, 5.41) is 21.8. The summed E-state index contributed by atoms with van der Waals surface area (Å²) in [5.74, 6) is -1.49. The molecule has 0 unspecified atom stereocenters. The van der Waals surface area contributed by atoms with Gasteiger partial charge in [0.2, 0.25) is 0 Å². The Labute approximate surface area is 173 Å². The molecule has 0 saturated carbocycles. The summed E-state index contributed by atoms with van der Waals surface area (Å²) >= 11 is 3.67. The summed E-state index contributed by atoms with van der Waals surface area (Å²) in [4.78, 5) is 46.6. The highest BCUT2D eigenvalue weighted by molar-refractivity contribution is 14.1. The molecule has 9 nitrogen and oxygen atoms in total. The predicted molar refractivity (Wildman–Crippen MR) is 108 cm³/mol. The normalized spacial score (nSPS) is 10.3. The number of carbonyl (C=O) groups is 2. The van der Waals surface area contributed by atoms with Gasteiger partial charge in [-0.05, 0) is 57.3 Å². The van der Waals surface area contributed by atoms with E-state index in [1.807, 2.05) is 45.2 Å². The first-order chi connectivity index (χ1) is 12.1. The first-order valence-corrected chi connectivity index (χ1v) is 8.99. The number of rotatable bonds is 4. The third-order valence-corrected chi connectivity index (χ3v) is 5.27. The maximum atomic E-state index is 12.6. The highest BCUT2D eigenvalue weighted by atomic mass is 127. The van der Waals surface area contributed by atoms with E-state index in [9.17, 15) is 29.8 Å². The van der Waals surface area contributed by atoms with Crippen molar-refractivity contribution in [2.75, 3.05) is 7.05 Å². The van der Waals surface area contributed by atoms with Crippen LogP contribution in [0.15, 0.2) is 36.4 Å². The molecule has 0 atom stereocenters. The van der Waals surface area contributed by atoms with Gasteiger partial charge in [-0.1, -0.05) is 0 Å². The van der Waals surface area contributed by atoms with Crippen LogP contribution in [0.1, 0.15) is 20.7 Å². The molecule has 0 aromatic heterocycles. The highest BCUT2D eigenvalue weighted by Crippen LogP contribution is 2.24. The van der Waals surface area contributed by atoms with Gasteiger partial charge in [-0.3, -0.25) is 34.7 Å². The van der Waals surface area contributed by atoms with Crippen molar-refractivity contribution in [3.05, 3.63) is 74.9 Å². The Morgan fingerprint density at radius 1 is 0.846 bits per heavy atom. The number of amides is 2. The standard InChI is InChI=1S/C15H9I2N3O6/c1-18(14(21)10-6-8(19(23)24)2-4-12(10)16)15(22)11-7-9(20(25)26)3-5-13(11)17/h2-7H,1H3. The predicted octanol–water partition coefficient (Wildman–Crippen LogP) is 3.62. The zero-order chi connectivity index (χ0) is 19.6. The minimum absolute atomic E-state index is 0.00362. The Morgan fingerprint density at radius 3 is 1.50 bits per heavy atom. The van der Waals surface area contributed by atoms with Crippen LogP contribution >= 0.6 is 45.2 Å². The van der Waals surface area contributed by atoms with Crippen molar-refractivity contribution in [3.63, 3.8) is 0 Å². The lowest BCUT2D eigenvalue weighted by molar-refractivity contribution is -0.385. The van der Waals surface area contributed by atoms with Crippen molar-refractivity contribution in [1.82, 2.24) is 4.90 Å². The number of halogens is 2. The zero-order valence-corrected chi connectivity index (χ0v) is 17.3. The number of hydrogen-bond acceptors (Lipinski definition) is 6. The smallest absolute Gasteiger partial charge is 0.270 e. The Kier molecular flexibility index (Phi) is 6.22. The van der Waals surface area contributed by atoms with E-state index in [4.69, 9.17) is 0 Å². The molecule has 0 N–H and O–H groups in total. The number of benzene rings is 2. The molecule has 2 amide bonds. The molecule has 134 valence electrons. The minimum Gasteiger partial charge on any atom is -0.277 e. The van der Waals surface area contributed by atoms with Crippen LogP contribution in [0.4, 0.5) is 11.4 Å². The van der Waals surface area contributed by atoms with Crippen LogP contribution in [0.3, 0.4) is 0 Å². The van der Waals surface area contributed by atoms with Crippen molar-refractivity contribution < 1.29 is 19.4 Å². The van der Waals surface area contributed by atoms with Crippen LogP contribution in [0, 0.1) is 27.4 Å². The zero-order valence-electron chi connectivity index (χ0n) is 13.0. The summed E-state index contributed by atoms with van der Waals surface area (Å²) < 4.78 is 0.873. The number of non-ortho nitro benzene ring substituents is 2. The molecule has 0 aliphatic carbocycles. The van der Waals surface area contributed by atoms with Gasteiger partial charge >= 0.3 is 0 Å². The lowest BCUT2D eigenvalue weighted by atomic mass is 10.1. The van der Waals surface area contributed by atoms with Crippen LogP contribution in [-0.4, -0.2) is 33.6 Å². The van der Waals surface area contributed by atoms with E-state index in [1.165, 1.54) is 31.3 Å². The first-order valence-electron chi connectivity index (χ1n) is 6.83. The fourth-order valence-electron chi connectivity index (χ4n) is 2.04. The second-order valence-corrected chi connectivity index (χ2v) is 7.34. The van der Waals surface area contributed by atoms with Crippen molar-refractivity contribution in [1.29, 1.82) is 0 Å². The number of nitrogens with zero attached hydrogens (tertiary/aromatic N) is 3. The second kappa shape index (κ2) is 8.03. The fraction of sp³-hybridized carbons (Fsp3) is 0.0667. The topological polar surface area (TPSA) is 124 Å². The fourth-order valence-corrected chi connectivity index (χ4v) is 3.17. The second-order valence-electron chi connectivity index (χ2n) is 5.01. The van der Waals surface area contributed by atoms with Crippen molar-refractivity contribution in [3.8, 4) is 0 Å². The van der Waals surface area contributed by atoms with E-state index in [0.717, 1.165) is 17.0 Å². The largest absolute Gasteiger partial charge is 0.277 e. The third kappa shape index (κ3) is 4.14. The molecule has 2 aromatic carbocycles. The quantitative estimate of drug-likeness (QED) is 0.235. The van der Waals surface area contributed by atoms with Gasteiger partial charge < -0.3 is 0 Å².